The van der Waals surface area contributed by atoms with Gasteiger partial charge in [0, 0.05) is 11.2 Å². The Hall–Kier alpha value is -3.00. The molecule has 0 aliphatic heterocycles. The molecule has 39 heavy (non-hydrogen) atoms. The van der Waals surface area contributed by atoms with Gasteiger partial charge in [-0.15, -0.1) is 0 Å². The average molecular weight is 556 g/mol. The molecule has 2 atom stereocenters. The van der Waals surface area contributed by atoms with Crippen molar-refractivity contribution in [3.8, 4) is 0 Å². The molecule has 8 heteroatoms. The van der Waals surface area contributed by atoms with Crippen molar-refractivity contribution in [2.75, 3.05) is 17.3 Å². The summed E-state index contributed by atoms with van der Waals surface area (Å²) in [5.74, 6) is -0.00782. The Bertz CT molecular complexity index is 1150. The van der Waals surface area contributed by atoms with Crippen LogP contribution in [0.2, 0.25) is 0 Å². The molecule has 0 fully saturated rings. The number of carbonyl (C=O) groups is 3. The summed E-state index contributed by atoms with van der Waals surface area (Å²) in [6.07, 6.45) is 1.68. The molecule has 2 unspecified atom stereocenters. The molecular weight excluding hydrogens is 510 g/mol. The number of hydrogen-bond acceptors (Lipinski definition) is 5. The molecule has 0 heterocycles. The number of nitrogens with one attached hydrogen (secondary N) is 2. The van der Waals surface area contributed by atoms with Gasteiger partial charge in [-0.25, -0.2) is 4.79 Å². The van der Waals surface area contributed by atoms with E-state index >= 15 is 0 Å². The Morgan fingerprint density at radius 3 is 1.97 bits per heavy atom. The van der Waals surface area contributed by atoms with Crippen molar-refractivity contribution < 1.29 is 19.1 Å². The van der Waals surface area contributed by atoms with Gasteiger partial charge in [-0.1, -0.05) is 42.5 Å². The fourth-order valence-electron chi connectivity index (χ4n) is 4.45. The molecule has 2 aromatic carbocycles. The quantitative estimate of drug-likeness (QED) is 0.366. The lowest BCUT2D eigenvalue weighted by atomic mass is 9.92. The molecule has 0 spiro atoms. The molecule has 2 N–H and O–H groups in total. The number of benzene rings is 2. The lowest BCUT2D eigenvalue weighted by molar-refractivity contribution is -0.146. The van der Waals surface area contributed by atoms with E-state index in [1.165, 1.54) is 0 Å². The van der Waals surface area contributed by atoms with Crippen LogP contribution in [0.4, 0.5) is 10.5 Å². The molecule has 0 radical (unpaired) electrons. The van der Waals surface area contributed by atoms with Gasteiger partial charge in [-0.3, -0.25) is 9.59 Å². The van der Waals surface area contributed by atoms with E-state index in [-0.39, 0.29) is 11.8 Å². The number of anilines is 1. The SMILES string of the molecule is CSCCC(NC(=O)OC(C)(C)C)C(=O)N(C(C(=O)Nc1c(C)cccc1C)c1ccccc1C)C(C)(C)C. The number of nitrogens with zero attached hydrogens (tertiary/aromatic N) is 1. The third-order valence-electron chi connectivity index (χ3n) is 6.28. The molecule has 214 valence electrons. The van der Waals surface area contributed by atoms with Gasteiger partial charge in [-0.05, 0) is 103 Å². The first kappa shape index (κ1) is 32.2. The van der Waals surface area contributed by atoms with Gasteiger partial charge in [-0.2, -0.15) is 11.8 Å². The van der Waals surface area contributed by atoms with Crippen molar-refractivity contribution in [2.45, 2.75) is 92.0 Å². The monoisotopic (exact) mass is 555 g/mol. The maximum Gasteiger partial charge on any atom is 0.408 e. The van der Waals surface area contributed by atoms with Crippen LogP contribution >= 0.6 is 11.8 Å². The zero-order chi connectivity index (χ0) is 29.5. The zero-order valence-corrected chi connectivity index (χ0v) is 25.9. The van der Waals surface area contributed by atoms with E-state index in [0.29, 0.717) is 12.2 Å². The average Bonchev–Trinajstić information content (AvgIpc) is 2.80. The maximum atomic E-state index is 14.4. The molecule has 0 aliphatic rings. The number of rotatable bonds is 9. The molecule has 0 saturated heterocycles. The van der Waals surface area contributed by atoms with Crippen LogP contribution in [-0.2, 0) is 14.3 Å². The summed E-state index contributed by atoms with van der Waals surface area (Å²) in [5.41, 5.74) is 2.75. The lowest BCUT2D eigenvalue weighted by Crippen LogP contribution is -2.58. The maximum absolute atomic E-state index is 14.4. The van der Waals surface area contributed by atoms with Crippen LogP contribution < -0.4 is 10.6 Å². The van der Waals surface area contributed by atoms with Crippen molar-refractivity contribution in [1.29, 1.82) is 0 Å². The summed E-state index contributed by atoms with van der Waals surface area (Å²) in [4.78, 5) is 42.9. The number of ether oxygens (including phenoxy) is 1. The number of amides is 3. The van der Waals surface area contributed by atoms with Gasteiger partial charge < -0.3 is 20.3 Å². The fourth-order valence-corrected chi connectivity index (χ4v) is 4.92. The highest BCUT2D eigenvalue weighted by atomic mass is 32.2. The number of thioether (sulfide) groups is 1. The minimum absolute atomic E-state index is 0.314. The number of aryl methyl sites for hydroxylation is 3. The van der Waals surface area contributed by atoms with E-state index in [1.54, 1.807) is 37.4 Å². The van der Waals surface area contributed by atoms with Crippen LogP contribution in [0.15, 0.2) is 42.5 Å². The van der Waals surface area contributed by atoms with Crippen LogP contribution in [0.3, 0.4) is 0 Å². The molecule has 7 nitrogen and oxygen atoms in total. The lowest BCUT2D eigenvalue weighted by Gasteiger charge is -2.43. The second-order valence-electron chi connectivity index (χ2n) is 11.9. The van der Waals surface area contributed by atoms with Gasteiger partial charge in [0.1, 0.15) is 17.7 Å². The van der Waals surface area contributed by atoms with E-state index in [2.05, 4.69) is 10.6 Å². The number of hydrogen-bond donors (Lipinski definition) is 2. The first-order valence-electron chi connectivity index (χ1n) is 13.3. The van der Waals surface area contributed by atoms with Crippen LogP contribution in [-0.4, -0.2) is 52.0 Å². The highest BCUT2D eigenvalue weighted by Gasteiger charge is 2.42. The van der Waals surface area contributed by atoms with E-state index < -0.39 is 29.3 Å². The Labute approximate surface area is 238 Å². The minimum Gasteiger partial charge on any atom is -0.444 e. The Kier molecular flexibility index (Phi) is 11.0. The van der Waals surface area contributed by atoms with Crippen molar-refractivity contribution in [3.63, 3.8) is 0 Å². The Morgan fingerprint density at radius 1 is 0.897 bits per heavy atom. The second-order valence-corrected chi connectivity index (χ2v) is 12.9. The molecule has 3 amide bonds. The minimum atomic E-state index is -0.935. The van der Waals surface area contributed by atoms with Gasteiger partial charge >= 0.3 is 6.09 Å². The third kappa shape index (κ3) is 9.02. The van der Waals surface area contributed by atoms with Gasteiger partial charge in [0.25, 0.3) is 5.91 Å². The first-order valence-corrected chi connectivity index (χ1v) is 14.7. The van der Waals surface area contributed by atoms with Crippen LogP contribution in [0.1, 0.15) is 76.3 Å². The largest absolute Gasteiger partial charge is 0.444 e. The van der Waals surface area contributed by atoms with Crippen molar-refractivity contribution in [1.82, 2.24) is 10.2 Å². The standard InChI is InChI=1S/C31H45N3O4S/c1-20-14-11-12-17-23(20)26(27(35)33-25-21(2)15-13-16-22(25)3)34(30(4,5)6)28(36)24(18-19-39-10)32-29(37)38-31(7,8)9/h11-17,24,26H,18-19H2,1-10H3,(H,32,37)(H,33,35). The predicted octanol–water partition coefficient (Wildman–Crippen LogP) is 6.57. The number of para-hydroxylation sites is 1. The summed E-state index contributed by atoms with van der Waals surface area (Å²) in [6.45, 7) is 16.9. The van der Waals surface area contributed by atoms with Crippen molar-refractivity contribution in [3.05, 3.63) is 64.7 Å². The normalized spacial score (nSPS) is 13.3. The molecule has 2 rings (SSSR count). The van der Waals surface area contributed by atoms with Gasteiger partial charge in [0.15, 0.2) is 0 Å². The highest BCUT2D eigenvalue weighted by Crippen LogP contribution is 2.33. The van der Waals surface area contributed by atoms with Gasteiger partial charge in [0.05, 0.1) is 0 Å². The number of alkyl carbamates (subject to hydrolysis) is 1. The molecular formula is C31H45N3O4S. The Morgan fingerprint density at radius 2 is 1.46 bits per heavy atom. The van der Waals surface area contributed by atoms with Crippen LogP contribution in [0.5, 0.6) is 0 Å². The molecule has 0 aliphatic carbocycles. The van der Waals surface area contributed by atoms with E-state index in [9.17, 15) is 14.4 Å². The van der Waals surface area contributed by atoms with E-state index in [0.717, 1.165) is 27.9 Å². The highest BCUT2D eigenvalue weighted by molar-refractivity contribution is 7.98. The van der Waals surface area contributed by atoms with Crippen molar-refractivity contribution >= 4 is 35.4 Å². The van der Waals surface area contributed by atoms with E-state index in [1.807, 2.05) is 90.3 Å². The fraction of sp³-hybridized carbons (Fsp3) is 0.516. The summed E-state index contributed by atoms with van der Waals surface area (Å²) < 4.78 is 5.47. The van der Waals surface area contributed by atoms with Gasteiger partial charge in [0.2, 0.25) is 5.91 Å². The molecule has 2 aromatic rings. The summed E-state index contributed by atoms with van der Waals surface area (Å²) in [5, 5.41) is 5.91. The predicted molar refractivity (Wildman–Crippen MR) is 161 cm³/mol. The summed E-state index contributed by atoms with van der Waals surface area (Å²) >= 11 is 1.58. The van der Waals surface area contributed by atoms with E-state index in [4.69, 9.17) is 4.74 Å². The van der Waals surface area contributed by atoms with Crippen LogP contribution in [0.25, 0.3) is 0 Å². The van der Waals surface area contributed by atoms with Crippen LogP contribution in [0, 0.1) is 20.8 Å². The third-order valence-corrected chi connectivity index (χ3v) is 6.92. The molecule has 0 saturated carbocycles. The summed E-state index contributed by atoms with van der Waals surface area (Å²) in [7, 11) is 0. The zero-order valence-electron chi connectivity index (χ0n) is 25.1. The topological polar surface area (TPSA) is 87.7 Å². The number of carbonyl (C=O) groups excluding carboxylic acids is 3. The molecule has 0 bridgehead atoms. The second kappa shape index (κ2) is 13.4. The van der Waals surface area contributed by atoms with Crippen molar-refractivity contribution in [2.24, 2.45) is 0 Å². The smallest absolute Gasteiger partial charge is 0.408 e. The summed E-state index contributed by atoms with van der Waals surface area (Å²) in [6, 6.07) is 11.6. The molecule has 0 aromatic heterocycles. The Balaban J connectivity index is 2.63. The first-order chi connectivity index (χ1) is 18.1.